The first-order valence-corrected chi connectivity index (χ1v) is 7.22. The largest absolute Gasteiger partial charge is 0.381 e. The van der Waals surface area contributed by atoms with Gasteiger partial charge in [-0.2, -0.15) is 0 Å². The summed E-state index contributed by atoms with van der Waals surface area (Å²) in [5, 5.41) is 0. The first-order chi connectivity index (χ1) is 8.61. The summed E-state index contributed by atoms with van der Waals surface area (Å²) in [5.41, 5.74) is 0.847. The Hall–Kier alpha value is -0.680. The highest BCUT2D eigenvalue weighted by molar-refractivity contribution is 9.10. The van der Waals surface area contributed by atoms with E-state index in [1.807, 2.05) is 6.92 Å². The molecule has 5 heteroatoms. The molecule has 1 aliphatic carbocycles. The Kier molecular flexibility index (Phi) is 4.56. The number of hydrogen-bond donors (Lipinski definition) is 1. The lowest BCUT2D eigenvalue weighted by molar-refractivity contribution is 0.117. The first-order valence-electron chi connectivity index (χ1n) is 6.43. The molecular formula is C13H19BrN2O2. The van der Waals surface area contributed by atoms with Gasteiger partial charge >= 0.3 is 0 Å². The fourth-order valence-corrected chi connectivity index (χ4v) is 2.96. The van der Waals surface area contributed by atoms with Crippen molar-refractivity contribution in [3.05, 3.63) is 26.3 Å². The van der Waals surface area contributed by atoms with Crippen LogP contribution in [0, 0.1) is 0 Å². The Morgan fingerprint density at radius 1 is 1.50 bits per heavy atom. The van der Waals surface area contributed by atoms with E-state index in [-0.39, 0.29) is 11.7 Å². The molecule has 0 aliphatic heterocycles. The van der Waals surface area contributed by atoms with Gasteiger partial charge in [0.2, 0.25) is 0 Å². The summed E-state index contributed by atoms with van der Waals surface area (Å²) in [6, 6.07) is 0. The summed E-state index contributed by atoms with van der Waals surface area (Å²) in [4.78, 5) is 19.3. The average Bonchev–Trinajstić information content (AvgIpc) is 2.87. The lowest BCUT2D eigenvalue weighted by Crippen LogP contribution is -2.20. The quantitative estimate of drug-likeness (QED) is 0.929. The number of H-pyrrole nitrogens is 1. The maximum absolute atomic E-state index is 11.9. The molecule has 1 saturated carbocycles. The van der Waals surface area contributed by atoms with Crippen molar-refractivity contribution >= 4 is 15.9 Å². The van der Waals surface area contributed by atoms with Crippen LogP contribution in [0.5, 0.6) is 0 Å². The SMILES string of the molecule is COC(C)Cc1nc(C2CCCC2)c(Br)c(=O)[nH]1. The summed E-state index contributed by atoms with van der Waals surface area (Å²) < 4.78 is 5.82. The van der Waals surface area contributed by atoms with Gasteiger partial charge in [-0.1, -0.05) is 12.8 Å². The van der Waals surface area contributed by atoms with Crippen molar-refractivity contribution in [3.8, 4) is 0 Å². The second kappa shape index (κ2) is 5.97. The Labute approximate surface area is 115 Å². The third-order valence-electron chi connectivity index (χ3n) is 3.56. The molecule has 0 aromatic carbocycles. The van der Waals surface area contributed by atoms with Crippen LogP contribution in [-0.2, 0) is 11.2 Å². The lowest BCUT2D eigenvalue weighted by Gasteiger charge is -2.14. The molecule has 1 aromatic rings. The summed E-state index contributed by atoms with van der Waals surface area (Å²) in [7, 11) is 1.67. The minimum Gasteiger partial charge on any atom is -0.381 e. The first kappa shape index (κ1) is 13.7. The van der Waals surface area contributed by atoms with Crippen LogP contribution in [0.3, 0.4) is 0 Å². The molecule has 1 fully saturated rings. The Morgan fingerprint density at radius 2 is 2.17 bits per heavy atom. The van der Waals surface area contributed by atoms with Crippen LogP contribution in [0.15, 0.2) is 9.27 Å². The van der Waals surface area contributed by atoms with Crippen LogP contribution < -0.4 is 5.56 Å². The van der Waals surface area contributed by atoms with E-state index in [9.17, 15) is 4.79 Å². The molecule has 100 valence electrons. The monoisotopic (exact) mass is 314 g/mol. The average molecular weight is 315 g/mol. The van der Waals surface area contributed by atoms with Gasteiger partial charge in [-0.25, -0.2) is 4.98 Å². The van der Waals surface area contributed by atoms with Crippen molar-refractivity contribution in [2.75, 3.05) is 7.11 Å². The number of aromatic amines is 1. The molecule has 1 unspecified atom stereocenters. The summed E-state index contributed by atoms with van der Waals surface area (Å²) in [6.07, 6.45) is 5.43. The number of nitrogens with zero attached hydrogens (tertiary/aromatic N) is 1. The highest BCUT2D eigenvalue weighted by Gasteiger charge is 2.23. The predicted molar refractivity (Wildman–Crippen MR) is 73.9 cm³/mol. The molecule has 1 aliphatic rings. The molecule has 0 amide bonds. The third-order valence-corrected chi connectivity index (χ3v) is 4.33. The van der Waals surface area contributed by atoms with E-state index in [0.29, 0.717) is 16.8 Å². The topological polar surface area (TPSA) is 55.0 Å². The maximum atomic E-state index is 11.9. The number of ether oxygens (including phenoxy) is 1. The van der Waals surface area contributed by atoms with E-state index in [0.717, 1.165) is 24.4 Å². The fourth-order valence-electron chi connectivity index (χ4n) is 2.45. The van der Waals surface area contributed by atoms with Crippen molar-refractivity contribution < 1.29 is 4.74 Å². The van der Waals surface area contributed by atoms with Crippen molar-refractivity contribution in [3.63, 3.8) is 0 Å². The van der Waals surface area contributed by atoms with Gasteiger partial charge in [-0.15, -0.1) is 0 Å². The van der Waals surface area contributed by atoms with Crippen LogP contribution in [0.1, 0.15) is 50.0 Å². The molecule has 0 spiro atoms. The van der Waals surface area contributed by atoms with Crippen molar-refractivity contribution in [1.82, 2.24) is 9.97 Å². The number of methoxy groups -OCH3 is 1. The third kappa shape index (κ3) is 3.01. The van der Waals surface area contributed by atoms with Gasteiger partial charge < -0.3 is 9.72 Å². The zero-order chi connectivity index (χ0) is 13.1. The Bertz CT molecular complexity index is 467. The smallest absolute Gasteiger partial charge is 0.265 e. The number of halogens is 1. The minimum atomic E-state index is -0.0785. The van der Waals surface area contributed by atoms with Gasteiger partial charge in [0.1, 0.15) is 10.3 Å². The van der Waals surface area contributed by atoms with Crippen LogP contribution in [0.4, 0.5) is 0 Å². The number of aromatic nitrogens is 2. The predicted octanol–water partition coefficient (Wildman–Crippen LogP) is 2.77. The molecule has 1 aromatic heterocycles. The zero-order valence-electron chi connectivity index (χ0n) is 10.8. The summed E-state index contributed by atoms with van der Waals surface area (Å²) in [6.45, 7) is 1.97. The van der Waals surface area contributed by atoms with Gasteiger partial charge in [-0.3, -0.25) is 4.79 Å². The van der Waals surface area contributed by atoms with Gasteiger partial charge in [0.25, 0.3) is 5.56 Å². The number of rotatable bonds is 4. The molecule has 0 saturated heterocycles. The molecule has 1 atom stereocenters. The summed E-state index contributed by atoms with van der Waals surface area (Å²) >= 11 is 3.37. The van der Waals surface area contributed by atoms with Crippen molar-refractivity contribution in [2.24, 2.45) is 0 Å². The van der Waals surface area contributed by atoms with Crippen LogP contribution in [0.25, 0.3) is 0 Å². The molecule has 0 bridgehead atoms. The zero-order valence-corrected chi connectivity index (χ0v) is 12.4. The number of hydrogen-bond acceptors (Lipinski definition) is 3. The highest BCUT2D eigenvalue weighted by atomic mass is 79.9. The van der Waals surface area contributed by atoms with Gasteiger partial charge in [0, 0.05) is 19.4 Å². The molecule has 18 heavy (non-hydrogen) atoms. The molecule has 0 radical (unpaired) electrons. The molecule has 1 heterocycles. The lowest BCUT2D eigenvalue weighted by atomic mass is 10.0. The Balaban J connectivity index is 2.30. The Morgan fingerprint density at radius 3 is 2.78 bits per heavy atom. The van der Waals surface area contributed by atoms with Crippen molar-refractivity contribution in [2.45, 2.75) is 51.0 Å². The number of nitrogens with one attached hydrogen (secondary N) is 1. The van der Waals surface area contributed by atoms with Gasteiger partial charge in [0.05, 0.1) is 11.8 Å². The van der Waals surface area contributed by atoms with Gasteiger partial charge in [-0.05, 0) is 35.7 Å². The van der Waals surface area contributed by atoms with Crippen LogP contribution in [-0.4, -0.2) is 23.2 Å². The minimum absolute atomic E-state index is 0.0609. The highest BCUT2D eigenvalue weighted by Crippen LogP contribution is 2.35. The molecule has 4 nitrogen and oxygen atoms in total. The molecule has 1 N–H and O–H groups in total. The van der Waals surface area contributed by atoms with Crippen molar-refractivity contribution in [1.29, 1.82) is 0 Å². The standard InChI is InChI=1S/C13H19BrN2O2/c1-8(18-2)7-10-15-12(9-5-3-4-6-9)11(14)13(17)16-10/h8-9H,3-7H2,1-2H3,(H,15,16,17). The summed E-state index contributed by atoms with van der Waals surface area (Å²) in [5.74, 6) is 1.15. The van der Waals surface area contributed by atoms with Crippen LogP contribution >= 0.6 is 15.9 Å². The van der Waals surface area contributed by atoms with E-state index in [1.54, 1.807) is 7.11 Å². The van der Waals surface area contributed by atoms with Crippen LogP contribution in [0.2, 0.25) is 0 Å². The molecule has 2 rings (SSSR count). The normalized spacial score (nSPS) is 18.2. The van der Waals surface area contributed by atoms with E-state index >= 15 is 0 Å². The molecular weight excluding hydrogens is 296 g/mol. The van der Waals surface area contributed by atoms with E-state index in [1.165, 1.54) is 12.8 Å². The second-order valence-electron chi connectivity index (χ2n) is 4.94. The maximum Gasteiger partial charge on any atom is 0.265 e. The fraction of sp³-hybridized carbons (Fsp3) is 0.692. The van der Waals surface area contributed by atoms with E-state index in [2.05, 4.69) is 25.9 Å². The van der Waals surface area contributed by atoms with E-state index in [4.69, 9.17) is 4.74 Å². The van der Waals surface area contributed by atoms with Gasteiger partial charge in [0.15, 0.2) is 0 Å². The second-order valence-corrected chi connectivity index (χ2v) is 5.74. The van der Waals surface area contributed by atoms with E-state index < -0.39 is 0 Å².